The molecule has 5 nitrogen and oxygen atoms in total. The second-order valence-electron chi connectivity index (χ2n) is 4.83. The van der Waals surface area contributed by atoms with E-state index in [0.717, 1.165) is 0 Å². The molecule has 1 aliphatic rings. The van der Waals surface area contributed by atoms with Gasteiger partial charge in [0.2, 0.25) is 5.91 Å². The van der Waals surface area contributed by atoms with Gasteiger partial charge in [0.1, 0.15) is 12.4 Å². The number of nitrogens with zero attached hydrogens (tertiary/aromatic N) is 1. The van der Waals surface area contributed by atoms with Crippen molar-refractivity contribution in [2.45, 2.75) is 0 Å². The molecule has 1 aliphatic heterocycles. The van der Waals surface area contributed by atoms with Crippen LogP contribution in [-0.2, 0) is 9.59 Å². The van der Waals surface area contributed by atoms with E-state index in [4.69, 9.17) is 4.74 Å². The van der Waals surface area contributed by atoms with E-state index in [1.54, 1.807) is 41.3 Å². The highest BCUT2D eigenvalue weighted by Gasteiger charge is 2.25. The topological polar surface area (TPSA) is 58.6 Å². The fraction of sp³-hybridized carbons (Fsp3) is 0.125. The van der Waals surface area contributed by atoms with Crippen molar-refractivity contribution >= 4 is 23.3 Å². The molecule has 22 heavy (non-hydrogen) atoms. The molecule has 6 heteroatoms. The van der Waals surface area contributed by atoms with Crippen LogP contribution in [0.5, 0.6) is 5.75 Å². The van der Waals surface area contributed by atoms with Gasteiger partial charge in [-0.1, -0.05) is 24.3 Å². The van der Waals surface area contributed by atoms with Gasteiger partial charge in [0, 0.05) is 0 Å². The average molecular weight is 300 g/mol. The van der Waals surface area contributed by atoms with Crippen LogP contribution in [0, 0.1) is 5.82 Å². The lowest BCUT2D eigenvalue weighted by Gasteiger charge is -2.29. The van der Waals surface area contributed by atoms with Crippen LogP contribution >= 0.6 is 0 Å². The summed E-state index contributed by atoms with van der Waals surface area (Å²) >= 11 is 0. The summed E-state index contributed by atoms with van der Waals surface area (Å²) in [6, 6.07) is 12.9. The zero-order valence-corrected chi connectivity index (χ0v) is 11.6. The normalized spacial score (nSPS) is 13.3. The van der Waals surface area contributed by atoms with Gasteiger partial charge in [-0.05, 0) is 24.3 Å². The lowest BCUT2D eigenvalue weighted by Crippen LogP contribution is -2.41. The van der Waals surface area contributed by atoms with E-state index >= 15 is 0 Å². The number of carbonyl (C=O) groups is 2. The largest absolute Gasteiger partial charge is 0.423 e. The molecular formula is C16H13FN2O3. The highest BCUT2D eigenvalue weighted by atomic mass is 19.1. The summed E-state index contributed by atoms with van der Waals surface area (Å²) in [6.07, 6.45) is 0. The van der Waals surface area contributed by atoms with Crippen molar-refractivity contribution in [3.8, 4) is 5.75 Å². The molecule has 2 aromatic rings. The SMILES string of the molecule is O=C(CN1CC(=O)Oc2ccccc21)Nc1ccccc1F. The van der Waals surface area contributed by atoms with Gasteiger partial charge in [-0.25, -0.2) is 9.18 Å². The van der Waals surface area contributed by atoms with E-state index < -0.39 is 17.7 Å². The van der Waals surface area contributed by atoms with Crippen molar-refractivity contribution in [3.05, 3.63) is 54.3 Å². The molecular weight excluding hydrogens is 287 g/mol. The predicted molar refractivity (Wildman–Crippen MR) is 79.3 cm³/mol. The van der Waals surface area contributed by atoms with Crippen LogP contribution in [0.2, 0.25) is 0 Å². The maximum Gasteiger partial charge on any atom is 0.331 e. The second-order valence-corrected chi connectivity index (χ2v) is 4.83. The molecule has 0 aromatic heterocycles. The number of ether oxygens (including phenoxy) is 1. The maximum atomic E-state index is 13.5. The third-order valence-electron chi connectivity index (χ3n) is 3.23. The van der Waals surface area contributed by atoms with Gasteiger partial charge in [-0.3, -0.25) is 4.79 Å². The quantitative estimate of drug-likeness (QED) is 0.697. The Kier molecular flexibility index (Phi) is 3.74. The van der Waals surface area contributed by atoms with Crippen molar-refractivity contribution in [2.75, 3.05) is 23.3 Å². The van der Waals surface area contributed by atoms with Gasteiger partial charge in [0.15, 0.2) is 5.75 Å². The third-order valence-corrected chi connectivity index (χ3v) is 3.23. The summed E-state index contributed by atoms with van der Waals surface area (Å²) < 4.78 is 18.6. The van der Waals surface area contributed by atoms with Crippen molar-refractivity contribution in [1.82, 2.24) is 0 Å². The first kappa shape index (κ1) is 14.1. The zero-order valence-electron chi connectivity index (χ0n) is 11.6. The predicted octanol–water partition coefficient (Wildman–Crippen LogP) is 2.19. The molecule has 3 rings (SSSR count). The van der Waals surface area contributed by atoms with E-state index in [1.165, 1.54) is 12.1 Å². The smallest absolute Gasteiger partial charge is 0.331 e. The Morgan fingerprint density at radius 2 is 1.91 bits per heavy atom. The minimum absolute atomic E-state index is 0.0261. The van der Waals surface area contributed by atoms with Crippen molar-refractivity contribution in [1.29, 1.82) is 0 Å². The van der Waals surface area contributed by atoms with Crippen LogP contribution in [0.15, 0.2) is 48.5 Å². The molecule has 0 aliphatic carbocycles. The molecule has 1 amide bonds. The maximum absolute atomic E-state index is 13.5. The summed E-state index contributed by atoms with van der Waals surface area (Å²) in [5.41, 5.74) is 0.770. The monoisotopic (exact) mass is 300 g/mol. The summed E-state index contributed by atoms with van der Waals surface area (Å²) in [7, 11) is 0. The number of amides is 1. The number of nitrogens with one attached hydrogen (secondary N) is 1. The van der Waals surface area contributed by atoms with Gasteiger partial charge in [0.05, 0.1) is 17.9 Å². The standard InChI is InChI=1S/C16H13FN2O3/c17-11-5-1-2-6-12(11)18-15(20)9-19-10-16(21)22-14-8-4-3-7-13(14)19/h1-8H,9-10H2,(H,18,20). The summed E-state index contributed by atoms with van der Waals surface area (Å²) in [6.45, 7) is -0.0951. The second kappa shape index (κ2) is 5.85. The minimum atomic E-state index is -0.505. The first-order chi connectivity index (χ1) is 10.6. The van der Waals surface area contributed by atoms with E-state index in [1.807, 2.05) is 0 Å². The number of fused-ring (bicyclic) bond motifs is 1. The molecule has 2 aromatic carbocycles. The molecule has 1 heterocycles. The number of halogens is 1. The summed E-state index contributed by atoms with van der Waals surface area (Å²) in [5, 5.41) is 2.50. The first-order valence-electron chi connectivity index (χ1n) is 6.72. The molecule has 0 unspecified atom stereocenters. The number of hydrogen-bond acceptors (Lipinski definition) is 4. The number of carbonyl (C=O) groups excluding carboxylic acids is 2. The molecule has 0 radical (unpaired) electrons. The van der Waals surface area contributed by atoms with Crippen molar-refractivity contribution in [3.63, 3.8) is 0 Å². The molecule has 0 atom stereocenters. The Hall–Kier alpha value is -2.89. The fourth-order valence-electron chi connectivity index (χ4n) is 2.27. The summed E-state index contributed by atoms with van der Waals surface area (Å²) in [5.74, 6) is -0.932. The number of rotatable bonds is 3. The van der Waals surface area contributed by atoms with Gasteiger partial charge in [0.25, 0.3) is 0 Å². The lowest BCUT2D eigenvalue weighted by atomic mass is 10.2. The van der Waals surface area contributed by atoms with E-state index in [-0.39, 0.29) is 18.8 Å². The number of para-hydroxylation sites is 3. The average Bonchev–Trinajstić information content (AvgIpc) is 2.49. The molecule has 0 fully saturated rings. The Balaban J connectivity index is 1.75. The van der Waals surface area contributed by atoms with Crippen LogP contribution in [0.4, 0.5) is 15.8 Å². The van der Waals surface area contributed by atoms with Gasteiger partial charge >= 0.3 is 5.97 Å². The van der Waals surface area contributed by atoms with Crippen LogP contribution in [0.25, 0.3) is 0 Å². The van der Waals surface area contributed by atoms with Crippen molar-refractivity contribution in [2.24, 2.45) is 0 Å². The van der Waals surface area contributed by atoms with Gasteiger partial charge in [-0.15, -0.1) is 0 Å². The Morgan fingerprint density at radius 1 is 1.18 bits per heavy atom. The number of esters is 1. The Labute approximate surface area is 126 Å². The van der Waals surface area contributed by atoms with Crippen molar-refractivity contribution < 1.29 is 18.7 Å². The van der Waals surface area contributed by atoms with E-state index in [2.05, 4.69) is 5.32 Å². The summed E-state index contributed by atoms with van der Waals surface area (Å²) in [4.78, 5) is 25.2. The van der Waals surface area contributed by atoms with E-state index in [9.17, 15) is 14.0 Å². The number of anilines is 2. The van der Waals surface area contributed by atoms with Crippen LogP contribution in [0.1, 0.15) is 0 Å². The molecule has 0 saturated carbocycles. The molecule has 1 N–H and O–H groups in total. The highest BCUT2D eigenvalue weighted by Crippen LogP contribution is 2.31. The molecule has 112 valence electrons. The lowest BCUT2D eigenvalue weighted by molar-refractivity contribution is -0.133. The van der Waals surface area contributed by atoms with Crippen LogP contribution < -0.4 is 15.0 Å². The number of benzene rings is 2. The minimum Gasteiger partial charge on any atom is -0.423 e. The highest BCUT2D eigenvalue weighted by molar-refractivity contribution is 5.96. The molecule has 0 saturated heterocycles. The Bertz CT molecular complexity index is 733. The zero-order chi connectivity index (χ0) is 15.5. The van der Waals surface area contributed by atoms with Gasteiger partial charge in [-0.2, -0.15) is 0 Å². The molecule has 0 spiro atoms. The van der Waals surface area contributed by atoms with Crippen LogP contribution in [0.3, 0.4) is 0 Å². The molecule has 0 bridgehead atoms. The number of hydrogen-bond donors (Lipinski definition) is 1. The Morgan fingerprint density at radius 3 is 2.73 bits per heavy atom. The van der Waals surface area contributed by atoms with Gasteiger partial charge < -0.3 is 15.0 Å². The third kappa shape index (κ3) is 2.90. The fourth-order valence-corrected chi connectivity index (χ4v) is 2.27. The van der Waals surface area contributed by atoms with E-state index in [0.29, 0.717) is 11.4 Å². The first-order valence-corrected chi connectivity index (χ1v) is 6.72. The van der Waals surface area contributed by atoms with Crippen LogP contribution in [-0.4, -0.2) is 25.0 Å².